The highest BCUT2D eigenvalue weighted by atomic mass is 16.5. The number of rotatable bonds is 4. The number of fused-ring (bicyclic) bond motifs is 1. The van der Waals surface area contributed by atoms with Gasteiger partial charge in [-0.3, -0.25) is 14.7 Å². The number of hydrogen-bond donors (Lipinski definition) is 1. The minimum absolute atomic E-state index is 0.00778. The summed E-state index contributed by atoms with van der Waals surface area (Å²) in [6.45, 7) is 2.76. The lowest BCUT2D eigenvalue weighted by molar-refractivity contribution is -0.139. The summed E-state index contributed by atoms with van der Waals surface area (Å²) in [6, 6.07) is 3.49. The number of carbonyl (C=O) groups is 1. The SMILES string of the molecule is CCc1cc(=O)n2[nH]c(C3CCCN3C(=O)C3CCCC(OC)C3)cc2n1. The molecule has 4 rings (SSSR count). The smallest absolute Gasteiger partial charge is 0.272 e. The lowest BCUT2D eigenvalue weighted by Gasteiger charge is -2.32. The predicted octanol–water partition coefficient (Wildman–Crippen LogP) is 2.45. The molecule has 0 bridgehead atoms. The summed E-state index contributed by atoms with van der Waals surface area (Å²) in [6.07, 6.45) is 6.64. The monoisotopic (exact) mass is 372 g/mol. The van der Waals surface area contributed by atoms with Gasteiger partial charge >= 0.3 is 0 Å². The van der Waals surface area contributed by atoms with E-state index in [1.54, 1.807) is 13.2 Å². The number of methoxy groups -OCH3 is 1. The Morgan fingerprint density at radius 3 is 2.93 bits per heavy atom. The average Bonchev–Trinajstić information content (AvgIpc) is 3.34. The van der Waals surface area contributed by atoms with Crippen molar-refractivity contribution < 1.29 is 9.53 Å². The third-order valence-corrected chi connectivity index (χ3v) is 6.09. The van der Waals surface area contributed by atoms with Crippen molar-refractivity contribution in [1.82, 2.24) is 19.5 Å². The molecule has 1 N–H and O–H groups in total. The summed E-state index contributed by atoms with van der Waals surface area (Å²) in [5, 5.41) is 3.19. The van der Waals surface area contributed by atoms with Gasteiger partial charge in [0.15, 0.2) is 5.65 Å². The Morgan fingerprint density at radius 1 is 1.30 bits per heavy atom. The molecule has 1 amide bonds. The van der Waals surface area contributed by atoms with Crippen LogP contribution in [0.5, 0.6) is 0 Å². The van der Waals surface area contributed by atoms with Gasteiger partial charge in [0.25, 0.3) is 5.56 Å². The van der Waals surface area contributed by atoms with E-state index in [-0.39, 0.29) is 29.5 Å². The van der Waals surface area contributed by atoms with Crippen LogP contribution < -0.4 is 5.56 Å². The van der Waals surface area contributed by atoms with Gasteiger partial charge in [-0.05, 0) is 38.5 Å². The van der Waals surface area contributed by atoms with Crippen LogP contribution in [0.2, 0.25) is 0 Å². The second-order valence-corrected chi connectivity index (χ2v) is 7.76. The molecule has 0 aromatic carbocycles. The summed E-state index contributed by atoms with van der Waals surface area (Å²) in [5.74, 6) is 0.272. The van der Waals surface area contributed by atoms with Crippen molar-refractivity contribution in [3.63, 3.8) is 0 Å². The number of ether oxygens (including phenoxy) is 1. The number of likely N-dealkylation sites (tertiary alicyclic amines) is 1. The molecular formula is C20H28N4O3. The van der Waals surface area contributed by atoms with E-state index >= 15 is 0 Å². The van der Waals surface area contributed by atoms with E-state index in [1.807, 2.05) is 17.9 Å². The largest absolute Gasteiger partial charge is 0.381 e. The molecule has 1 aliphatic carbocycles. The van der Waals surface area contributed by atoms with Crippen molar-refractivity contribution in [2.75, 3.05) is 13.7 Å². The molecular weight excluding hydrogens is 344 g/mol. The first-order chi connectivity index (χ1) is 13.1. The van der Waals surface area contributed by atoms with Crippen molar-refractivity contribution in [2.24, 2.45) is 5.92 Å². The van der Waals surface area contributed by atoms with Gasteiger partial charge in [-0.25, -0.2) is 9.50 Å². The molecule has 1 saturated carbocycles. The number of aromatic nitrogens is 3. The molecule has 146 valence electrons. The van der Waals surface area contributed by atoms with Crippen LogP contribution in [0.4, 0.5) is 0 Å². The van der Waals surface area contributed by atoms with Gasteiger partial charge in [0.1, 0.15) is 0 Å². The molecule has 0 spiro atoms. The highest BCUT2D eigenvalue weighted by molar-refractivity contribution is 5.79. The first-order valence-corrected chi connectivity index (χ1v) is 10.1. The number of nitrogens with zero attached hydrogens (tertiary/aromatic N) is 3. The van der Waals surface area contributed by atoms with Crippen LogP contribution in [-0.4, -0.2) is 45.2 Å². The average molecular weight is 372 g/mol. The van der Waals surface area contributed by atoms with E-state index in [1.165, 1.54) is 4.52 Å². The van der Waals surface area contributed by atoms with Gasteiger partial charge < -0.3 is 9.64 Å². The Morgan fingerprint density at radius 2 is 2.15 bits per heavy atom. The number of aromatic amines is 1. The normalized spacial score (nSPS) is 26.0. The zero-order valence-corrected chi connectivity index (χ0v) is 16.1. The molecule has 0 radical (unpaired) electrons. The van der Waals surface area contributed by atoms with Gasteiger partial charge in [-0.2, -0.15) is 0 Å². The molecule has 2 aromatic heterocycles. The predicted molar refractivity (Wildman–Crippen MR) is 102 cm³/mol. The fourth-order valence-corrected chi connectivity index (χ4v) is 4.58. The maximum absolute atomic E-state index is 13.2. The zero-order chi connectivity index (χ0) is 19.0. The van der Waals surface area contributed by atoms with E-state index in [0.717, 1.165) is 62.9 Å². The molecule has 1 aliphatic heterocycles. The fourth-order valence-electron chi connectivity index (χ4n) is 4.58. The summed E-state index contributed by atoms with van der Waals surface area (Å²) < 4.78 is 6.98. The molecule has 27 heavy (non-hydrogen) atoms. The lowest BCUT2D eigenvalue weighted by Crippen LogP contribution is -2.39. The molecule has 2 aliphatic rings. The number of nitrogens with one attached hydrogen (secondary N) is 1. The summed E-state index contributed by atoms with van der Waals surface area (Å²) in [5.41, 5.74) is 2.22. The Bertz CT molecular complexity index is 887. The highest BCUT2D eigenvalue weighted by Crippen LogP contribution is 2.36. The molecule has 7 nitrogen and oxygen atoms in total. The standard InChI is InChI=1S/C20H28N4O3/c1-3-14-11-19(25)24-18(21-14)12-16(22-24)17-8-5-9-23(17)20(26)13-6-4-7-15(10-13)27-2/h11-13,15,17,22H,3-10H2,1-2H3. The maximum Gasteiger partial charge on any atom is 0.272 e. The van der Waals surface area contributed by atoms with E-state index in [0.29, 0.717) is 5.65 Å². The minimum atomic E-state index is -0.103. The van der Waals surface area contributed by atoms with E-state index in [4.69, 9.17) is 4.74 Å². The van der Waals surface area contributed by atoms with Gasteiger partial charge in [0.05, 0.1) is 17.8 Å². The Kier molecular flexibility index (Phi) is 5.04. The number of carbonyl (C=O) groups excluding carboxylic acids is 1. The Balaban J connectivity index is 1.59. The second-order valence-electron chi connectivity index (χ2n) is 7.76. The van der Waals surface area contributed by atoms with Gasteiger partial charge in [0, 0.05) is 37.4 Å². The number of H-pyrrole nitrogens is 1. The van der Waals surface area contributed by atoms with Crippen molar-refractivity contribution in [3.8, 4) is 0 Å². The number of aryl methyl sites for hydroxylation is 1. The lowest BCUT2D eigenvalue weighted by atomic mass is 9.86. The van der Waals surface area contributed by atoms with Crippen molar-refractivity contribution in [3.05, 3.63) is 33.9 Å². The maximum atomic E-state index is 13.2. The Labute approximate surface area is 158 Å². The summed E-state index contributed by atoms with van der Waals surface area (Å²) >= 11 is 0. The summed E-state index contributed by atoms with van der Waals surface area (Å²) in [4.78, 5) is 32.1. The molecule has 3 heterocycles. The molecule has 2 aromatic rings. The second kappa shape index (κ2) is 7.46. The molecule has 3 atom stereocenters. The fraction of sp³-hybridized carbons (Fsp3) is 0.650. The van der Waals surface area contributed by atoms with Crippen LogP contribution in [0.1, 0.15) is 62.9 Å². The molecule has 1 saturated heterocycles. The quantitative estimate of drug-likeness (QED) is 0.894. The van der Waals surface area contributed by atoms with Crippen LogP contribution in [-0.2, 0) is 16.0 Å². The third kappa shape index (κ3) is 3.40. The third-order valence-electron chi connectivity index (χ3n) is 6.09. The molecule has 3 unspecified atom stereocenters. The van der Waals surface area contributed by atoms with Crippen LogP contribution in [0.3, 0.4) is 0 Å². The molecule has 7 heteroatoms. The summed E-state index contributed by atoms with van der Waals surface area (Å²) in [7, 11) is 1.73. The zero-order valence-electron chi connectivity index (χ0n) is 16.1. The number of hydrogen-bond acceptors (Lipinski definition) is 4. The molecule has 2 fully saturated rings. The van der Waals surface area contributed by atoms with E-state index in [2.05, 4.69) is 10.1 Å². The van der Waals surface area contributed by atoms with E-state index in [9.17, 15) is 9.59 Å². The van der Waals surface area contributed by atoms with Gasteiger partial charge in [-0.1, -0.05) is 13.3 Å². The van der Waals surface area contributed by atoms with Gasteiger partial charge in [-0.15, -0.1) is 0 Å². The first-order valence-electron chi connectivity index (χ1n) is 10.1. The highest BCUT2D eigenvalue weighted by Gasteiger charge is 2.37. The van der Waals surface area contributed by atoms with Crippen molar-refractivity contribution in [2.45, 2.75) is 64.0 Å². The van der Waals surface area contributed by atoms with Crippen LogP contribution in [0.25, 0.3) is 5.65 Å². The minimum Gasteiger partial charge on any atom is -0.381 e. The van der Waals surface area contributed by atoms with Gasteiger partial charge in [0.2, 0.25) is 5.91 Å². The van der Waals surface area contributed by atoms with Crippen LogP contribution in [0, 0.1) is 5.92 Å². The number of amides is 1. The first kappa shape index (κ1) is 18.2. The van der Waals surface area contributed by atoms with E-state index < -0.39 is 0 Å². The topological polar surface area (TPSA) is 79.7 Å². The van der Waals surface area contributed by atoms with Crippen LogP contribution in [0.15, 0.2) is 16.9 Å². The van der Waals surface area contributed by atoms with Crippen molar-refractivity contribution in [1.29, 1.82) is 0 Å². The van der Waals surface area contributed by atoms with Crippen molar-refractivity contribution >= 4 is 11.6 Å². The van der Waals surface area contributed by atoms with Crippen LogP contribution >= 0.6 is 0 Å². The Hall–Kier alpha value is -2.15.